The van der Waals surface area contributed by atoms with Crippen molar-refractivity contribution in [1.82, 2.24) is 5.32 Å². The van der Waals surface area contributed by atoms with Crippen LogP contribution < -0.4 is 10.6 Å². The first-order chi connectivity index (χ1) is 10.1. The number of rotatable bonds is 4. The van der Waals surface area contributed by atoms with E-state index in [0.29, 0.717) is 23.8 Å². The van der Waals surface area contributed by atoms with Crippen molar-refractivity contribution in [2.24, 2.45) is 0 Å². The highest BCUT2D eigenvalue weighted by Gasteiger charge is 2.29. The number of Topliss-reactive ketones (excluding diaryl/α,β-unsaturated/α-hetero) is 1. The number of carbonyl (C=O) groups is 1. The Morgan fingerprint density at radius 2 is 1.95 bits per heavy atom. The number of aryl methyl sites for hydroxylation is 1. The van der Waals surface area contributed by atoms with E-state index in [9.17, 15) is 9.90 Å². The van der Waals surface area contributed by atoms with E-state index in [4.69, 9.17) is 0 Å². The van der Waals surface area contributed by atoms with Crippen molar-refractivity contribution in [2.45, 2.75) is 51.5 Å². The van der Waals surface area contributed by atoms with E-state index in [1.165, 1.54) is 32.1 Å². The number of para-hydroxylation sites is 1. The van der Waals surface area contributed by atoms with Crippen molar-refractivity contribution >= 4 is 11.5 Å². The molecule has 0 unspecified atom stereocenters. The van der Waals surface area contributed by atoms with E-state index in [2.05, 4.69) is 10.6 Å². The Kier molecular flexibility index (Phi) is 3.86. The van der Waals surface area contributed by atoms with Gasteiger partial charge in [0.25, 0.3) is 0 Å². The molecule has 0 amide bonds. The summed E-state index contributed by atoms with van der Waals surface area (Å²) in [5.74, 6) is 0.316. The lowest BCUT2D eigenvalue weighted by molar-refractivity contribution is -0.116. The summed E-state index contributed by atoms with van der Waals surface area (Å²) in [5.41, 5.74) is 3.00. The van der Waals surface area contributed by atoms with Gasteiger partial charge in [-0.1, -0.05) is 31.4 Å². The normalized spacial score (nSPS) is 19.4. The number of carbonyl (C=O) groups excluding carboxylic acids is 1. The molecule has 1 aromatic carbocycles. The Bertz CT molecular complexity index is 586. The molecular formula is C17H22N2O2. The highest BCUT2D eigenvalue weighted by atomic mass is 16.3. The Balaban J connectivity index is 1.74. The maximum atomic E-state index is 11.8. The number of anilines is 1. The minimum absolute atomic E-state index is 0.106. The molecule has 4 nitrogen and oxygen atoms in total. The molecule has 0 aliphatic heterocycles. The third-order valence-corrected chi connectivity index (χ3v) is 4.40. The van der Waals surface area contributed by atoms with Crippen LogP contribution >= 0.6 is 0 Å². The van der Waals surface area contributed by atoms with Gasteiger partial charge in [0.05, 0.1) is 12.1 Å². The molecule has 4 heteroatoms. The maximum absolute atomic E-state index is 11.8. The van der Waals surface area contributed by atoms with Crippen molar-refractivity contribution in [3.63, 3.8) is 0 Å². The fourth-order valence-electron chi connectivity index (χ4n) is 3.06. The topological polar surface area (TPSA) is 61.4 Å². The summed E-state index contributed by atoms with van der Waals surface area (Å²) < 4.78 is 0. The quantitative estimate of drug-likeness (QED) is 0.744. The lowest BCUT2D eigenvalue weighted by atomic mass is 9.92. The summed E-state index contributed by atoms with van der Waals surface area (Å²) in [7, 11) is 0. The van der Waals surface area contributed by atoms with Gasteiger partial charge in [-0.05, 0) is 31.4 Å². The van der Waals surface area contributed by atoms with Gasteiger partial charge in [-0.15, -0.1) is 0 Å². The predicted molar refractivity (Wildman–Crippen MR) is 83.1 cm³/mol. The number of ketones is 1. The molecule has 1 aromatic rings. The minimum atomic E-state index is 0.106. The molecule has 21 heavy (non-hydrogen) atoms. The summed E-state index contributed by atoms with van der Waals surface area (Å²) in [6, 6.07) is 6.00. The molecule has 0 heterocycles. The molecule has 0 spiro atoms. The average Bonchev–Trinajstić information content (AvgIpc) is 2.49. The first-order valence-corrected chi connectivity index (χ1v) is 7.73. The number of nitrogens with one attached hydrogen (secondary N) is 2. The largest absolute Gasteiger partial charge is 0.505 e. The number of phenols is 1. The Morgan fingerprint density at radius 3 is 2.67 bits per heavy atom. The van der Waals surface area contributed by atoms with Crippen LogP contribution in [0.3, 0.4) is 0 Å². The fourth-order valence-corrected chi connectivity index (χ4v) is 3.06. The number of phenolic OH excluding ortho intramolecular Hbond substituents is 1. The monoisotopic (exact) mass is 286 g/mol. The van der Waals surface area contributed by atoms with E-state index in [1.54, 1.807) is 6.07 Å². The summed E-state index contributed by atoms with van der Waals surface area (Å²) in [6.45, 7) is 1.85. The molecule has 112 valence electrons. The van der Waals surface area contributed by atoms with E-state index in [0.717, 1.165) is 11.3 Å². The predicted octanol–water partition coefficient (Wildman–Crippen LogP) is 3.22. The van der Waals surface area contributed by atoms with Crippen LogP contribution in [0.15, 0.2) is 29.6 Å². The van der Waals surface area contributed by atoms with Gasteiger partial charge in [0.15, 0.2) is 5.78 Å². The molecule has 0 saturated heterocycles. The van der Waals surface area contributed by atoms with Crippen molar-refractivity contribution in [2.75, 3.05) is 5.32 Å². The lowest BCUT2D eigenvalue weighted by Crippen LogP contribution is -2.39. The van der Waals surface area contributed by atoms with Gasteiger partial charge in [0.1, 0.15) is 11.4 Å². The second-order valence-corrected chi connectivity index (χ2v) is 6.03. The smallest absolute Gasteiger partial charge is 0.186 e. The van der Waals surface area contributed by atoms with Gasteiger partial charge >= 0.3 is 0 Å². The SMILES string of the molecule is Cc1cccc(NC2=C(NC3CCCCC3)CC2=O)c1O. The van der Waals surface area contributed by atoms with Crippen molar-refractivity contribution in [3.05, 3.63) is 35.2 Å². The van der Waals surface area contributed by atoms with E-state index >= 15 is 0 Å². The lowest BCUT2D eigenvalue weighted by Gasteiger charge is -2.31. The number of hydrogen-bond acceptors (Lipinski definition) is 4. The highest BCUT2D eigenvalue weighted by molar-refractivity contribution is 6.06. The zero-order valence-electron chi connectivity index (χ0n) is 12.4. The second-order valence-electron chi connectivity index (χ2n) is 6.03. The highest BCUT2D eigenvalue weighted by Crippen LogP contribution is 2.32. The van der Waals surface area contributed by atoms with Gasteiger partial charge in [0, 0.05) is 11.7 Å². The summed E-state index contributed by atoms with van der Waals surface area (Å²) in [5, 5.41) is 16.6. The summed E-state index contributed by atoms with van der Waals surface area (Å²) in [4.78, 5) is 11.8. The van der Waals surface area contributed by atoms with Crippen molar-refractivity contribution in [1.29, 1.82) is 0 Å². The number of benzene rings is 1. The van der Waals surface area contributed by atoms with Crippen molar-refractivity contribution < 1.29 is 9.90 Å². The van der Waals surface area contributed by atoms with Crippen LogP contribution in [-0.4, -0.2) is 16.9 Å². The zero-order valence-corrected chi connectivity index (χ0v) is 12.4. The van der Waals surface area contributed by atoms with Crippen LogP contribution in [0.2, 0.25) is 0 Å². The zero-order chi connectivity index (χ0) is 14.8. The molecule has 0 aromatic heterocycles. The van der Waals surface area contributed by atoms with Crippen molar-refractivity contribution in [3.8, 4) is 5.75 Å². The summed E-state index contributed by atoms with van der Waals surface area (Å²) >= 11 is 0. The molecule has 2 aliphatic carbocycles. The molecule has 1 fully saturated rings. The van der Waals surface area contributed by atoms with Gasteiger partial charge in [0.2, 0.25) is 0 Å². The van der Waals surface area contributed by atoms with Crippen LogP contribution in [0, 0.1) is 6.92 Å². The van der Waals surface area contributed by atoms with Crippen LogP contribution in [0.1, 0.15) is 44.1 Å². The molecule has 0 radical (unpaired) electrons. The van der Waals surface area contributed by atoms with Crippen LogP contribution in [0.4, 0.5) is 5.69 Å². The minimum Gasteiger partial charge on any atom is -0.505 e. The average molecular weight is 286 g/mol. The third-order valence-electron chi connectivity index (χ3n) is 4.40. The van der Waals surface area contributed by atoms with Gasteiger partial charge in [-0.3, -0.25) is 4.79 Å². The van der Waals surface area contributed by atoms with E-state index in [1.807, 2.05) is 19.1 Å². The molecule has 1 saturated carbocycles. The molecule has 3 rings (SSSR count). The maximum Gasteiger partial charge on any atom is 0.186 e. The molecule has 2 aliphatic rings. The number of allylic oxidation sites excluding steroid dienone is 2. The standard InChI is InChI=1S/C17H22N2O2/c1-11-6-5-9-13(17(11)21)19-16-14(10-15(16)20)18-12-7-3-2-4-8-12/h5-6,9,12,18-19,21H,2-4,7-8,10H2,1H3. The number of hydrogen-bond donors (Lipinski definition) is 3. The van der Waals surface area contributed by atoms with Crippen LogP contribution in [0.25, 0.3) is 0 Å². The molecular weight excluding hydrogens is 264 g/mol. The molecule has 0 bridgehead atoms. The summed E-state index contributed by atoms with van der Waals surface area (Å²) in [6.07, 6.45) is 6.69. The third kappa shape index (κ3) is 2.89. The Morgan fingerprint density at radius 1 is 1.19 bits per heavy atom. The van der Waals surface area contributed by atoms with Gasteiger partial charge < -0.3 is 15.7 Å². The van der Waals surface area contributed by atoms with E-state index in [-0.39, 0.29) is 11.5 Å². The fraction of sp³-hybridized carbons (Fsp3) is 0.471. The molecule has 0 atom stereocenters. The first-order valence-electron chi connectivity index (χ1n) is 7.73. The Labute approximate surface area is 125 Å². The Hall–Kier alpha value is -1.97. The second kappa shape index (κ2) is 5.80. The van der Waals surface area contributed by atoms with E-state index < -0.39 is 0 Å². The van der Waals surface area contributed by atoms with Crippen LogP contribution in [-0.2, 0) is 4.79 Å². The molecule has 3 N–H and O–H groups in total. The van der Waals surface area contributed by atoms with Gasteiger partial charge in [-0.25, -0.2) is 0 Å². The first kappa shape index (κ1) is 14.0. The number of aromatic hydroxyl groups is 1. The van der Waals surface area contributed by atoms with Gasteiger partial charge in [-0.2, -0.15) is 0 Å². The van der Waals surface area contributed by atoms with Crippen LogP contribution in [0.5, 0.6) is 5.75 Å².